The number of hydrogen-bond acceptors (Lipinski definition) is 6. The summed E-state index contributed by atoms with van der Waals surface area (Å²) in [6.07, 6.45) is 7.06. The lowest BCUT2D eigenvalue weighted by Gasteiger charge is -2.37. The van der Waals surface area contributed by atoms with E-state index in [0.29, 0.717) is 39.0 Å². The molecule has 3 saturated heterocycles. The molecular formula is C38H50N4O4S. The lowest BCUT2D eigenvalue weighted by Crippen LogP contribution is -2.55. The maximum atomic E-state index is 14.9. The molecule has 0 aromatic heterocycles. The molecule has 3 heterocycles. The maximum absolute atomic E-state index is 14.9. The first-order valence-corrected chi connectivity index (χ1v) is 18.0. The molecule has 2 unspecified atom stereocenters. The Kier molecular flexibility index (Phi) is 11.5. The number of nitrogens with zero attached hydrogens (tertiary/aromatic N) is 4. The minimum Gasteiger partial charge on any atom is -0.396 e. The number of likely N-dealkylation sites (tertiary alicyclic amines) is 1. The number of rotatable bonds is 17. The van der Waals surface area contributed by atoms with Gasteiger partial charge in [0.2, 0.25) is 11.8 Å². The Labute approximate surface area is 284 Å². The van der Waals surface area contributed by atoms with Gasteiger partial charge >= 0.3 is 0 Å². The highest BCUT2D eigenvalue weighted by atomic mass is 32.2. The number of aliphatic hydroxyl groups is 1. The molecule has 1 spiro atoms. The van der Waals surface area contributed by atoms with Gasteiger partial charge in [0.25, 0.3) is 5.91 Å². The van der Waals surface area contributed by atoms with E-state index in [-0.39, 0.29) is 29.6 Å². The van der Waals surface area contributed by atoms with E-state index in [0.717, 1.165) is 49.3 Å². The van der Waals surface area contributed by atoms with Gasteiger partial charge in [-0.25, -0.2) is 0 Å². The van der Waals surface area contributed by atoms with Crippen molar-refractivity contribution in [2.45, 2.75) is 68.5 Å². The minimum atomic E-state index is -0.689. The average molecular weight is 659 g/mol. The van der Waals surface area contributed by atoms with Crippen LogP contribution >= 0.6 is 11.8 Å². The van der Waals surface area contributed by atoms with Gasteiger partial charge in [-0.05, 0) is 75.8 Å². The second kappa shape index (κ2) is 15.6. The largest absolute Gasteiger partial charge is 0.396 e. The van der Waals surface area contributed by atoms with Crippen LogP contribution in [0.4, 0.5) is 11.4 Å². The molecule has 9 heteroatoms. The zero-order valence-corrected chi connectivity index (χ0v) is 28.7. The topological polar surface area (TPSA) is 84.4 Å². The number of anilines is 2. The predicted molar refractivity (Wildman–Crippen MR) is 191 cm³/mol. The van der Waals surface area contributed by atoms with Crippen LogP contribution < -0.4 is 9.80 Å². The number of amides is 3. The van der Waals surface area contributed by atoms with Crippen LogP contribution in [-0.2, 0) is 20.9 Å². The lowest BCUT2D eigenvalue weighted by molar-refractivity contribution is -0.144. The molecule has 0 aliphatic carbocycles. The second-order valence-corrected chi connectivity index (χ2v) is 14.4. The molecule has 0 saturated carbocycles. The summed E-state index contributed by atoms with van der Waals surface area (Å²) in [4.78, 5) is 51.6. The molecule has 0 radical (unpaired) electrons. The molecule has 5 rings (SSSR count). The fraction of sp³-hybridized carbons (Fsp3) is 0.500. The summed E-state index contributed by atoms with van der Waals surface area (Å²) in [5, 5.41) is 9.38. The Morgan fingerprint density at radius 2 is 1.64 bits per heavy atom. The summed E-state index contributed by atoms with van der Waals surface area (Å²) in [6.45, 7) is 15.5. The van der Waals surface area contributed by atoms with Crippen LogP contribution in [0.25, 0.3) is 0 Å². The molecule has 252 valence electrons. The van der Waals surface area contributed by atoms with Gasteiger partial charge in [0.1, 0.15) is 6.04 Å². The van der Waals surface area contributed by atoms with Crippen LogP contribution in [0.5, 0.6) is 0 Å². The predicted octanol–water partition coefficient (Wildman–Crippen LogP) is 5.52. The molecule has 2 aromatic carbocycles. The highest BCUT2D eigenvalue weighted by Gasteiger charge is 2.74. The van der Waals surface area contributed by atoms with Crippen LogP contribution in [0.1, 0.15) is 51.5 Å². The van der Waals surface area contributed by atoms with Gasteiger partial charge in [-0.1, -0.05) is 42.5 Å². The summed E-state index contributed by atoms with van der Waals surface area (Å²) in [5.74, 6) is -1.30. The van der Waals surface area contributed by atoms with Gasteiger partial charge in [0.15, 0.2) is 0 Å². The number of hydrogen-bond donors (Lipinski definition) is 1. The van der Waals surface area contributed by atoms with Crippen molar-refractivity contribution < 1.29 is 19.5 Å². The van der Waals surface area contributed by atoms with Gasteiger partial charge in [0.05, 0.1) is 16.6 Å². The van der Waals surface area contributed by atoms with Gasteiger partial charge in [-0.2, -0.15) is 0 Å². The van der Waals surface area contributed by atoms with Crippen molar-refractivity contribution in [1.29, 1.82) is 0 Å². The van der Waals surface area contributed by atoms with E-state index in [2.05, 4.69) is 31.9 Å². The van der Waals surface area contributed by atoms with Gasteiger partial charge in [-0.15, -0.1) is 24.9 Å². The molecule has 2 bridgehead atoms. The van der Waals surface area contributed by atoms with E-state index in [1.165, 1.54) is 0 Å². The molecule has 1 N–H and O–H groups in total. The molecule has 3 aliphatic heterocycles. The van der Waals surface area contributed by atoms with Crippen molar-refractivity contribution in [3.8, 4) is 0 Å². The van der Waals surface area contributed by atoms with Gasteiger partial charge < -0.3 is 24.7 Å². The second-order valence-electron chi connectivity index (χ2n) is 12.8. The van der Waals surface area contributed by atoms with E-state index in [1.54, 1.807) is 33.7 Å². The standard InChI is InChI=1S/C38H50N4O4S/c1-5-23-40(27-28-15-11-9-12-16-28)35(44)32-31-21-22-38(47-31)33(32)36(45)42(25-13-10-14-26-43)34(38)37(46)41(24-6-2)30-19-17-29(18-20-30)39(7-3)8-4/h5-6,9,11-12,15-20,31-34,43H,1-2,7-8,10,13-14,21-27H2,3-4H3/t31-,32+,33-,34?,38?/m0/s1. The normalized spacial score (nSPS) is 24.2. The number of fused-ring (bicyclic) bond motifs is 1. The Hall–Kier alpha value is -3.56. The Morgan fingerprint density at radius 3 is 2.28 bits per heavy atom. The number of carbonyl (C=O) groups is 3. The fourth-order valence-electron chi connectivity index (χ4n) is 7.96. The summed E-state index contributed by atoms with van der Waals surface area (Å²) in [5.41, 5.74) is 2.89. The van der Waals surface area contributed by atoms with Gasteiger partial charge in [0, 0.05) is 62.5 Å². The highest BCUT2D eigenvalue weighted by Crippen LogP contribution is 2.66. The molecular weight excluding hydrogens is 609 g/mol. The van der Waals surface area contributed by atoms with E-state index in [4.69, 9.17) is 0 Å². The number of thioether (sulfide) groups is 1. The smallest absolute Gasteiger partial charge is 0.251 e. The molecule has 3 amide bonds. The first-order valence-electron chi connectivity index (χ1n) is 17.1. The van der Waals surface area contributed by atoms with E-state index >= 15 is 0 Å². The summed E-state index contributed by atoms with van der Waals surface area (Å²) in [6, 6.07) is 17.3. The minimum absolute atomic E-state index is 0.0208. The van der Waals surface area contributed by atoms with E-state index in [1.807, 2.05) is 59.5 Å². The van der Waals surface area contributed by atoms with Gasteiger partial charge in [-0.3, -0.25) is 14.4 Å². The summed E-state index contributed by atoms with van der Waals surface area (Å²) in [7, 11) is 0. The molecule has 2 aromatic rings. The molecule has 47 heavy (non-hydrogen) atoms. The third kappa shape index (κ3) is 6.74. The highest BCUT2D eigenvalue weighted by molar-refractivity contribution is 8.02. The van der Waals surface area contributed by atoms with E-state index in [9.17, 15) is 19.5 Å². The number of benzene rings is 2. The third-order valence-corrected chi connectivity index (χ3v) is 12.1. The first-order chi connectivity index (χ1) is 22.8. The quantitative estimate of drug-likeness (QED) is 0.178. The van der Waals surface area contributed by atoms with Crippen molar-refractivity contribution in [1.82, 2.24) is 9.80 Å². The van der Waals surface area contributed by atoms with Crippen LogP contribution in [-0.4, -0.2) is 88.0 Å². The SMILES string of the molecule is C=CCN(Cc1ccccc1)C(=O)[C@@H]1[C@@H]2CCC3(S2)C(C(=O)N(CC=C)c2ccc(N(CC)CC)cc2)N(CCCCCO)C(=O)[C@H]13. The number of aliphatic hydroxyl groups excluding tert-OH is 1. The summed E-state index contributed by atoms with van der Waals surface area (Å²) < 4.78 is -0.677. The first kappa shape index (κ1) is 34.8. The molecule has 8 nitrogen and oxygen atoms in total. The Bertz CT molecular complexity index is 1410. The third-order valence-electron chi connectivity index (χ3n) is 10.1. The van der Waals surface area contributed by atoms with Crippen molar-refractivity contribution in [3.63, 3.8) is 0 Å². The van der Waals surface area contributed by atoms with Crippen molar-refractivity contribution in [3.05, 3.63) is 85.5 Å². The van der Waals surface area contributed by atoms with E-state index < -0.39 is 22.6 Å². The molecule has 3 fully saturated rings. The maximum Gasteiger partial charge on any atom is 0.251 e. The Balaban J connectivity index is 1.49. The van der Waals surface area contributed by atoms with Crippen LogP contribution in [0.2, 0.25) is 0 Å². The number of unbranched alkanes of at least 4 members (excludes halogenated alkanes) is 2. The van der Waals surface area contributed by atoms with Crippen LogP contribution in [0.15, 0.2) is 79.9 Å². The lowest BCUT2D eigenvalue weighted by atomic mass is 9.70. The van der Waals surface area contributed by atoms with Crippen molar-refractivity contribution in [2.75, 3.05) is 49.1 Å². The van der Waals surface area contributed by atoms with Crippen molar-refractivity contribution in [2.24, 2.45) is 11.8 Å². The fourth-order valence-corrected chi connectivity index (χ4v) is 10.2. The summed E-state index contributed by atoms with van der Waals surface area (Å²) >= 11 is 1.70. The molecule has 3 aliphatic rings. The van der Waals surface area contributed by atoms with Crippen LogP contribution in [0, 0.1) is 11.8 Å². The number of carbonyl (C=O) groups excluding carboxylic acids is 3. The molecule has 5 atom stereocenters. The zero-order chi connectivity index (χ0) is 33.6. The van der Waals surface area contributed by atoms with Crippen LogP contribution in [0.3, 0.4) is 0 Å². The monoisotopic (exact) mass is 658 g/mol. The zero-order valence-electron chi connectivity index (χ0n) is 27.9. The van der Waals surface area contributed by atoms with Crippen molar-refractivity contribution >= 4 is 40.9 Å². The Morgan fingerprint density at radius 1 is 0.957 bits per heavy atom. The average Bonchev–Trinajstić information content (AvgIpc) is 3.73.